The molecule has 8 nitrogen and oxygen atoms in total. The first-order chi connectivity index (χ1) is 15.0. The van der Waals surface area contributed by atoms with Gasteiger partial charge in [-0.25, -0.2) is 9.78 Å². The van der Waals surface area contributed by atoms with Crippen LogP contribution in [0.15, 0.2) is 22.2 Å². The molecule has 31 heavy (non-hydrogen) atoms. The lowest BCUT2D eigenvalue weighted by Crippen LogP contribution is -2.46. The molecule has 0 aliphatic carbocycles. The lowest BCUT2D eigenvalue weighted by Gasteiger charge is -2.31. The number of carbonyl (C=O) groups excluding carboxylic acids is 3. The Bertz CT molecular complexity index is 861. The average molecular weight is 465 g/mol. The predicted molar refractivity (Wildman–Crippen MR) is 121 cm³/mol. The van der Waals surface area contributed by atoms with Crippen LogP contribution in [0.25, 0.3) is 10.6 Å². The zero-order valence-corrected chi connectivity index (χ0v) is 19.2. The van der Waals surface area contributed by atoms with Crippen molar-refractivity contribution < 1.29 is 19.1 Å². The zero-order chi connectivity index (χ0) is 22.1. The second-order valence-corrected chi connectivity index (χ2v) is 8.95. The molecule has 1 aliphatic heterocycles. The largest absolute Gasteiger partial charge is 0.450 e. The summed E-state index contributed by atoms with van der Waals surface area (Å²) >= 11 is 3.16. The van der Waals surface area contributed by atoms with Crippen molar-refractivity contribution in [3.05, 3.63) is 27.9 Å². The number of carbonyl (C=O) groups is 3. The number of thiazole rings is 1. The molecule has 1 fully saturated rings. The van der Waals surface area contributed by atoms with Crippen LogP contribution in [-0.4, -0.2) is 60.1 Å². The van der Waals surface area contributed by atoms with Crippen LogP contribution < -0.4 is 10.6 Å². The van der Waals surface area contributed by atoms with E-state index >= 15 is 0 Å². The summed E-state index contributed by atoms with van der Waals surface area (Å²) in [4.78, 5) is 42.1. The maximum Gasteiger partial charge on any atom is 0.409 e. The molecular weight excluding hydrogens is 436 g/mol. The molecule has 2 N–H and O–H groups in total. The first-order valence-corrected chi connectivity index (χ1v) is 12.3. The molecule has 0 bridgehead atoms. The van der Waals surface area contributed by atoms with Gasteiger partial charge in [0.05, 0.1) is 18.7 Å². The fourth-order valence-electron chi connectivity index (χ4n) is 3.33. The Labute approximate surface area is 190 Å². The maximum absolute atomic E-state index is 12.1. The average Bonchev–Trinajstić information content (AvgIpc) is 3.44. The molecule has 0 aromatic carbocycles. The van der Waals surface area contributed by atoms with E-state index in [0.29, 0.717) is 39.1 Å². The molecule has 0 unspecified atom stereocenters. The van der Waals surface area contributed by atoms with Crippen molar-refractivity contribution in [2.75, 3.05) is 26.2 Å². The number of rotatable bonds is 9. The molecule has 0 spiro atoms. The Morgan fingerprint density at radius 3 is 2.74 bits per heavy atom. The van der Waals surface area contributed by atoms with Gasteiger partial charge in [-0.15, -0.1) is 11.3 Å². The number of amides is 3. The van der Waals surface area contributed by atoms with Gasteiger partial charge < -0.3 is 20.3 Å². The van der Waals surface area contributed by atoms with Crippen molar-refractivity contribution in [2.24, 2.45) is 0 Å². The number of hydrogen-bond acceptors (Lipinski definition) is 7. The molecule has 2 aromatic heterocycles. The Balaban J connectivity index is 1.27. The summed E-state index contributed by atoms with van der Waals surface area (Å²) in [5, 5.41) is 12.7. The fraction of sp³-hybridized carbons (Fsp3) is 0.524. The van der Waals surface area contributed by atoms with Crippen molar-refractivity contribution >= 4 is 40.6 Å². The first-order valence-electron chi connectivity index (χ1n) is 10.5. The Hall–Kier alpha value is -2.46. The summed E-state index contributed by atoms with van der Waals surface area (Å²) in [5.41, 5.74) is 1.84. The van der Waals surface area contributed by atoms with E-state index < -0.39 is 0 Å². The first kappa shape index (κ1) is 23.2. The van der Waals surface area contributed by atoms with Gasteiger partial charge in [-0.2, -0.15) is 11.3 Å². The lowest BCUT2D eigenvalue weighted by atomic mass is 10.1. The van der Waals surface area contributed by atoms with Crippen LogP contribution in [0.2, 0.25) is 0 Å². The van der Waals surface area contributed by atoms with Crippen LogP contribution >= 0.6 is 22.7 Å². The van der Waals surface area contributed by atoms with Crippen molar-refractivity contribution in [1.82, 2.24) is 20.5 Å². The smallest absolute Gasteiger partial charge is 0.409 e. The highest BCUT2D eigenvalue weighted by Crippen LogP contribution is 2.25. The van der Waals surface area contributed by atoms with Crippen molar-refractivity contribution in [1.29, 1.82) is 0 Å². The minimum Gasteiger partial charge on any atom is -0.450 e. The molecule has 0 radical (unpaired) electrons. The van der Waals surface area contributed by atoms with Gasteiger partial charge in [0.1, 0.15) is 5.01 Å². The minimum atomic E-state index is -0.289. The molecule has 3 heterocycles. The maximum atomic E-state index is 12.1. The van der Waals surface area contributed by atoms with Crippen LogP contribution in [0.3, 0.4) is 0 Å². The monoisotopic (exact) mass is 464 g/mol. The molecule has 3 amide bonds. The number of nitrogens with one attached hydrogen (secondary N) is 2. The third-order valence-corrected chi connectivity index (χ3v) is 6.57. The molecule has 168 valence electrons. The molecule has 0 saturated carbocycles. The predicted octanol–water partition coefficient (Wildman–Crippen LogP) is 3.05. The third kappa shape index (κ3) is 7.32. The standard InChI is InChI=1S/C21H28N4O4S2/c1-2-29-21(28)25-9-5-16(6-10-25)23-18(26)4-3-8-22-19(27)12-17-14-31-20(24-17)15-7-11-30-13-15/h7,11,13-14,16H,2-6,8-10,12H2,1H3,(H,22,27)(H,23,26). The zero-order valence-electron chi connectivity index (χ0n) is 17.6. The number of piperidine rings is 1. The van der Waals surface area contributed by atoms with Gasteiger partial charge in [-0.05, 0) is 37.6 Å². The Kier molecular flexibility index (Phi) is 8.84. The number of aromatic nitrogens is 1. The molecular formula is C21H28N4O4S2. The minimum absolute atomic E-state index is 0.0243. The van der Waals surface area contributed by atoms with Crippen LogP contribution in [0.4, 0.5) is 4.79 Å². The number of likely N-dealkylation sites (tertiary alicyclic amines) is 1. The molecule has 10 heteroatoms. The van der Waals surface area contributed by atoms with E-state index in [4.69, 9.17) is 4.74 Å². The molecule has 0 atom stereocenters. The van der Waals surface area contributed by atoms with E-state index in [9.17, 15) is 14.4 Å². The van der Waals surface area contributed by atoms with Gasteiger partial charge in [0, 0.05) is 48.4 Å². The summed E-state index contributed by atoms with van der Waals surface area (Å²) in [6.45, 7) is 3.78. The Morgan fingerprint density at radius 1 is 1.23 bits per heavy atom. The molecule has 2 aromatic rings. The van der Waals surface area contributed by atoms with E-state index in [2.05, 4.69) is 15.6 Å². The normalized spacial score (nSPS) is 14.3. The Morgan fingerprint density at radius 2 is 2.03 bits per heavy atom. The summed E-state index contributed by atoms with van der Waals surface area (Å²) in [6.07, 6.45) is 2.34. The van der Waals surface area contributed by atoms with Crippen LogP contribution in [-0.2, 0) is 20.7 Å². The highest BCUT2D eigenvalue weighted by Gasteiger charge is 2.24. The quantitative estimate of drug-likeness (QED) is 0.556. The SMILES string of the molecule is CCOC(=O)N1CCC(NC(=O)CCCNC(=O)Cc2csc(-c3ccsc3)n2)CC1. The van der Waals surface area contributed by atoms with E-state index in [1.165, 1.54) is 11.3 Å². The number of hydrogen-bond donors (Lipinski definition) is 2. The number of ether oxygens (including phenoxy) is 1. The van der Waals surface area contributed by atoms with Crippen molar-refractivity contribution in [2.45, 2.75) is 45.1 Å². The molecule has 1 saturated heterocycles. The lowest BCUT2D eigenvalue weighted by molar-refractivity contribution is -0.123. The highest BCUT2D eigenvalue weighted by molar-refractivity contribution is 7.14. The number of thiophene rings is 1. The van der Waals surface area contributed by atoms with Gasteiger partial charge in [0.25, 0.3) is 0 Å². The van der Waals surface area contributed by atoms with Gasteiger partial charge in [0.15, 0.2) is 0 Å². The second-order valence-electron chi connectivity index (χ2n) is 7.31. The van der Waals surface area contributed by atoms with Crippen molar-refractivity contribution in [3.8, 4) is 10.6 Å². The summed E-state index contributed by atoms with van der Waals surface area (Å²) < 4.78 is 5.00. The van der Waals surface area contributed by atoms with Crippen molar-refractivity contribution in [3.63, 3.8) is 0 Å². The van der Waals surface area contributed by atoms with Crippen LogP contribution in [0, 0.1) is 0 Å². The van der Waals surface area contributed by atoms with Gasteiger partial charge >= 0.3 is 6.09 Å². The highest BCUT2D eigenvalue weighted by atomic mass is 32.1. The molecule has 1 aliphatic rings. The summed E-state index contributed by atoms with van der Waals surface area (Å²) in [5.74, 6) is -0.113. The summed E-state index contributed by atoms with van der Waals surface area (Å²) in [6, 6.07) is 2.09. The van der Waals surface area contributed by atoms with E-state index in [-0.39, 0.29) is 30.4 Å². The topological polar surface area (TPSA) is 101 Å². The van der Waals surface area contributed by atoms with Gasteiger partial charge in [0.2, 0.25) is 11.8 Å². The van der Waals surface area contributed by atoms with E-state index in [1.807, 2.05) is 22.2 Å². The van der Waals surface area contributed by atoms with E-state index in [1.54, 1.807) is 23.2 Å². The number of nitrogens with zero attached hydrogens (tertiary/aromatic N) is 2. The second kappa shape index (κ2) is 11.8. The third-order valence-electron chi connectivity index (χ3n) is 4.95. The van der Waals surface area contributed by atoms with Crippen LogP contribution in [0.1, 0.15) is 38.3 Å². The summed E-state index contributed by atoms with van der Waals surface area (Å²) in [7, 11) is 0. The fourth-order valence-corrected chi connectivity index (χ4v) is 4.86. The molecule has 3 rings (SSSR count). The van der Waals surface area contributed by atoms with Crippen LogP contribution in [0.5, 0.6) is 0 Å². The van der Waals surface area contributed by atoms with Gasteiger partial charge in [-0.1, -0.05) is 0 Å². The van der Waals surface area contributed by atoms with E-state index in [0.717, 1.165) is 29.1 Å². The van der Waals surface area contributed by atoms with Gasteiger partial charge in [-0.3, -0.25) is 9.59 Å².